The standard InChI is InChI=1S/C27H14F6O4S2/c28-26(29,30)38(34)36-15-9-11-19-17-5-1-3-7-21(17)25(23(19)13-15)22-8-4-2-6-18(22)20-12-10-16(14-24(20)25)37-39(35)27(31,32)33/h1-14H. The van der Waals surface area contributed by atoms with E-state index in [1.165, 1.54) is 24.3 Å². The third-order valence-corrected chi connectivity index (χ3v) is 8.20. The molecule has 2 atom stereocenters. The average molecular weight is 581 g/mol. The lowest BCUT2D eigenvalue weighted by molar-refractivity contribution is -0.0444. The summed E-state index contributed by atoms with van der Waals surface area (Å²) in [7, 11) is 0. The van der Waals surface area contributed by atoms with Crippen molar-refractivity contribution in [2.75, 3.05) is 0 Å². The van der Waals surface area contributed by atoms with Gasteiger partial charge >= 0.3 is 33.2 Å². The van der Waals surface area contributed by atoms with Crippen LogP contribution in [0.15, 0.2) is 84.9 Å². The zero-order valence-electron chi connectivity index (χ0n) is 19.3. The van der Waals surface area contributed by atoms with E-state index in [0.717, 1.165) is 22.3 Å². The van der Waals surface area contributed by atoms with Crippen LogP contribution >= 0.6 is 0 Å². The van der Waals surface area contributed by atoms with Gasteiger partial charge in [0.2, 0.25) is 0 Å². The van der Waals surface area contributed by atoms with Crippen molar-refractivity contribution in [2.45, 2.75) is 16.4 Å². The molecule has 1 spiro atoms. The highest BCUT2D eigenvalue weighted by molar-refractivity contribution is 7.81. The van der Waals surface area contributed by atoms with Gasteiger partial charge in [0.15, 0.2) is 0 Å². The number of hydrogen-bond donors (Lipinski definition) is 0. The van der Waals surface area contributed by atoms with Crippen LogP contribution in [0, 0.1) is 0 Å². The van der Waals surface area contributed by atoms with Gasteiger partial charge in [-0.1, -0.05) is 60.7 Å². The molecular formula is C27H14F6O4S2. The number of hydrogen-bond acceptors (Lipinski definition) is 4. The first-order valence-corrected chi connectivity index (χ1v) is 13.4. The summed E-state index contributed by atoms with van der Waals surface area (Å²) in [5.41, 5.74) is -6.14. The molecule has 2 unspecified atom stereocenters. The zero-order chi connectivity index (χ0) is 27.7. The molecule has 0 amide bonds. The summed E-state index contributed by atoms with van der Waals surface area (Å²) in [4.78, 5) is 0. The van der Waals surface area contributed by atoms with Gasteiger partial charge < -0.3 is 8.37 Å². The number of alkyl halides is 6. The van der Waals surface area contributed by atoms with Crippen LogP contribution in [0.3, 0.4) is 0 Å². The van der Waals surface area contributed by atoms with E-state index < -0.39 is 38.6 Å². The van der Waals surface area contributed by atoms with Crippen LogP contribution in [0.1, 0.15) is 22.3 Å². The van der Waals surface area contributed by atoms with Crippen molar-refractivity contribution < 1.29 is 43.1 Å². The zero-order valence-corrected chi connectivity index (χ0v) is 20.9. The highest BCUT2D eigenvalue weighted by atomic mass is 32.2. The maximum absolute atomic E-state index is 13.0. The van der Waals surface area contributed by atoms with Crippen LogP contribution in [0.4, 0.5) is 26.3 Å². The molecule has 0 saturated heterocycles. The molecule has 2 aliphatic carbocycles. The molecule has 0 aliphatic heterocycles. The minimum absolute atomic E-state index is 0.298. The number of benzene rings is 4. The first-order chi connectivity index (χ1) is 18.4. The van der Waals surface area contributed by atoms with Crippen molar-refractivity contribution in [2.24, 2.45) is 0 Å². The second-order valence-electron chi connectivity index (χ2n) is 8.78. The summed E-state index contributed by atoms with van der Waals surface area (Å²) >= 11 is -7.24. The predicted molar refractivity (Wildman–Crippen MR) is 132 cm³/mol. The van der Waals surface area contributed by atoms with Gasteiger partial charge in [-0.3, -0.25) is 0 Å². The molecule has 2 aliphatic rings. The minimum Gasteiger partial charge on any atom is -0.394 e. The molecule has 0 N–H and O–H groups in total. The van der Waals surface area contributed by atoms with Gasteiger partial charge in [-0.2, -0.15) is 26.3 Å². The summed E-state index contributed by atoms with van der Waals surface area (Å²) < 4.78 is 111. The monoisotopic (exact) mass is 580 g/mol. The van der Waals surface area contributed by atoms with E-state index in [9.17, 15) is 34.8 Å². The van der Waals surface area contributed by atoms with E-state index in [1.54, 1.807) is 36.4 Å². The number of rotatable bonds is 4. The predicted octanol–water partition coefficient (Wildman–Crippen LogP) is 7.15. The molecular weight excluding hydrogens is 566 g/mol. The van der Waals surface area contributed by atoms with Gasteiger partial charge in [0.25, 0.3) is 0 Å². The topological polar surface area (TPSA) is 52.6 Å². The Balaban J connectivity index is 1.62. The van der Waals surface area contributed by atoms with Gasteiger partial charge in [-0.15, -0.1) is 0 Å². The fraction of sp³-hybridized carbons (Fsp3) is 0.111. The van der Waals surface area contributed by atoms with Gasteiger partial charge in [-0.05, 0) is 68.8 Å². The van der Waals surface area contributed by atoms with Gasteiger partial charge in [0, 0.05) is 0 Å². The molecule has 0 fully saturated rings. The quantitative estimate of drug-likeness (QED) is 0.208. The molecule has 0 bridgehead atoms. The molecule has 6 rings (SSSR count). The maximum atomic E-state index is 13.0. The number of halogens is 6. The molecule has 0 saturated carbocycles. The Morgan fingerprint density at radius 3 is 1.26 bits per heavy atom. The molecule has 0 radical (unpaired) electrons. The summed E-state index contributed by atoms with van der Waals surface area (Å²) in [6.45, 7) is 0. The Morgan fingerprint density at radius 1 is 0.513 bits per heavy atom. The van der Waals surface area contributed by atoms with E-state index in [2.05, 4.69) is 0 Å². The second kappa shape index (κ2) is 8.68. The fourth-order valence-corrected chi connectivity index (χ4v) is 6.22. The van der Waals surface area contributed by atoms with Crippen molar-refractivity contribution in [3.05, 3.63) is 107 Å². The van der Waals surface area contributed by atoms with Crippen molar-refractivity contribution in [1.82, 2.24) is 0 Å². The highest BCUT2D eigenvalue weighted by Crippen LogP contribution is 2.63. The lowest BCUT2D eigenvalue weighted by atomic mass is 9.70. The summed E-state index contributed by atoms with van der Waals surface area (Å²) in [6, 6.07) is 22.9. The average Bonchev–Trinajstić information content (AvgIpc) is 3.34. The second-order valence-corrected chi connectivity index (χ2v) is 11.0. The SMILES string of the molecule is O=S(Oc1ccc2c(c1)C1(c3ccccc3-2)c2ccccc2-c2ccc(OS(=O)C(F)(F)F)cc21)C(F)(F)F. The molecule has 4 nitrogen and oxygen atoms in total. The first kappa shape index (κ1) is 25.6. The third kappa shape index (κ3) is 3.88. The lowest BCUT2D eigenvalue weighted by Crippen LogP contribution is -2.26. The van der Waals surface area contributed by atoms with Crippen LogP contribution < -0.4 is 8.37 Å². The normalized spacial score (nSPS) is 18.6. The van der Waals surface area contributed by atoms with Crippen LogP contribution in [0.2, 0.25) is 0 Å². The Bertz CT molecular complexity index is 1570. The third-order valence-electron chi connectivity index (χ3n) is 6.75. The smallest absolute Gasteiger partial charge is 0.394 e. The summed E-state index contributed by atoms with van der Waals surface area (Å²) in [6.07, 6.45) is 0. The molecule has 39 heavy (non-hydrogen) atoms. The maximum Gasteiger partial charge on any atom is 0.508 e. The largest absolute Gasteiger partial charge is 0.508 e. The van der Waals surface area contributed by atoms with E-state index >= 15 is 0 Å². The Labute approximate surface area is 222 Å². The van der Waals surface area contributed by atoms with E-state index in [-0.39, 0.29) is 11.5 Å². The Hall–Kier alpha value is -3.64. The van der Waals surface area contributed by atoms with Crippen molar-refractivity contribution >= 4 is 22.2 Å². The number of fused-ring (bicyclic) bond motifs is 10. The molecule has 12 heteroatoms. The Kier molecular flexibility index (Phi) is 5.71. The molecule has 4 aromatic rings. The molecule has 0 aromatic heterocycles. The summed E-state index contributed by atoms with van der Waals surface area (Å²) in [5.74, 6) is -0.596. The van der Waals surface area contributed by atoms with Crippen molar-refractivity contribution in [3.63, 3.8) is 0 Å². The minimum atomic E-state index is -5.10. The van der Waals surface area contributed by atoms with Gasteiger partial charge in [-0.25, -0.2) is 8.42 Å². The van der Waals surface area contributed by atoms with Gasteiger partial charge in [0.05, 0.1) is 5.41 Å². The lowest BCUT2D eigenvalue weighted by Gasteiger charge is -2.30. The highest BCUT2D eigenvalue weighted by Gasteiger charge is 2.52. The van der Waals surface area contributed by atoms with Crippen LogP contribution in [0.5, 0.6) is 11.5 Å². The fourth-order valence-electron chi connectivity index (χ4n) is 5.47. The van der Waals surface area contributed by atoms with Crippen LogP contribution in [0.25, 0.3) is 22.3 Å². The van der Waals surface area contributed by atoms with Crippen molar-refractivity contribution in [3.8, 4) is 33.8 Å². The first-order valence-electron chi connectivity index (χ1n) is 11.2. The van der Waals surface area contributed by atoms with Crippen LogP contribution in [-0.4, -0.2) is 19.4 Å². The molecule has 0 heterocycles. The molecule has 4 aromatic carbocycles. The molecule has 200 valence electrons. The van der Waals surface area contributed by atoms with Crippen molar-refractivity contribution in [1.29, 1.82) is 0 Å². The summed E-state index contributed by atoms with van der Waals surface area (Å²) in [5, 5.41) is 0. The van der Waals surface area contributed by atoms with E-state index in [4.69, 9.17) is 8.37 Å². The van der Waals surface area contributed by atoms with Gasteiger partial charge in [0.1, 0.15) is 11.5 Å². The Morgan fingerprint density at radius 2 is 0.872 bits per heavy atom. The van der Waals surface area contributed by atoms with E-state index in [0.29, 0.717) is 22.3 Å². The van der Waals surface area contributed by atoms with Crippen LogP contribution in [-0.2, 0) is 27.6 Å². The van der Waals surface area contributed by atoms with E-state index in [1.807, 2.05) is 24.3 Å².